The lowest BCUT2D eigenvalue weighted by molar-refractivity contribution is 0.310. The molecule has 6 heteroatoms. The third-order valence-electron chi connectivity index (χ3n) is 5.55. The van der Waals surface area contributed by atoms with Crippen molar-refractivity contribution in [3.8, 4) is 0 Å². The normalized spacial score (nSPS) is 11.3. The van der Waals surface area contributed by atoms with E-state index in [9.17, 15) is 0 Å². The summed E-state index contributed by atoms with van der Waals surface area (Å²) in [6.07, 6.45) is 5.42. The fourth-order valence-electron chi connectivity index (χ4n) is 3.97. The lowest BCUT2D eigenvalue weighted by atomic mass is 10.1. The molecular formula is C28H32N6. The van der Waals surface area contributed by atoms with E-state index in [1.807, 2.05) is 36.7 Å². The maximum Gasteiger partial charge on any atom is 0.0547 e. The van der Waals surface area contributed by atoms with Gasteiger partial charge in [-0.25, -0.2) is 0 Å². The minimum atomic E-state index is 0.792. The summed E-state index contributed by atoms with van der Waals surface area (Å²) in [7, 11) is 4.20. The molecule has 0 aromatic carbocycles. The number of hydrogen-bond donors (Lipinski definition) is 0. The molecule has 0 aliphatic heterocycles. The van der Waals surface area contributed by atoms with Gasteiger partial charge in [-0.2, -0.15) is 0 Å². The van der Waals surface area contributed by atoms with E-state index < -0.39 is 0 Å². The second-order valence-corrected chi connectivity index (χ2v) is 8.73. The van der Waals surface area contributed by atoms with Crippen molar-refractivity contribution in [2.45, 2.75) is 39.0 Å². The summed E-state index contributed by atoms with van der Waals surface area (Å²) >= 11 is 0. The van der Waals surface area contributed by atoms with E-state index in [2.05, 4.69) is 82.4 Å². The first kappa shape index (κ1) is 23.7. The van der Waals surface area contributed by atoms with Gasteiger partial charge >= 0.3 is 0 Å². The van der Waals surface area contributed by atoms with Gasteiger partial charge in [0.1, 0.15) is 0 Å². The van der Waals surface area contributed by atoms with Crippen LogP contribution in [0.15, 0.2) is 85.2 Å². The van der Waals surface area contributed by atoms with Crippen LogP contribution < -0.4 is 0 Å². The van der Waals surface area contributed by atoms with Crippen LogP contribution in [0, 0.1) is 0 Å². The Hall–Kier alpha value is -3.48. The molecule has 4 rings (SSSR count). The summed E-state index contributed by atoms with van der Waals surface area (Å²) in [6, 6.07) is 24.6. The lowest BCUT2D eigenvalue weighted by Crippen LogP contribution is -2.19. The Morgan fingerprint density at radius 3 is 1.26 bits per heavy atom. The van der Waals surface area contributed by atoms with Gasteiger partial charge in [-0.05, 0) is 75.5 Å². The van der Waals surface area contributed by atoms with Crippen molar-refractivity contribution in [2.24, 2.45) is 0 Å². The van der Waals surface area contributed by atoms with Crippen LogP contribution in [0.3, 0.4) is 0 Å². The molecule has 0 unspecified atom stereocenters. The number of hydrogen-bond acceptors (Lipinski definition) is 6. The zero-order chi connectivity index (χ0) is 23.6. The molecule has 0 N–H and O–H groups in total. The third kappa shape index (κ3) is 7.54. The highest BCUT2D eigenvalue weighted by Gasteiger charge is 2.07. The van der Waals surface area contributed by atoms with E-state index in [0.717, 1.165) is 73.2 Å². The van der Waals surface area contributed by atoms with Crippen LogP contribution in [0.2, 0.25) is 0 Å². The van der Waals surface area contributed by atoms with Crippen molar-refractivity contribution in [1.82, 2.24) is 29.7 Å². The molecule has 0 aliphatic rings. The van der Waals surface area contributed by atoms with Gasteiger partial charge in [0, 0.05) is 50.0 Å². The van der Waals surface area contributed by atoms with Crippen LogP contribution in [0.4, 0.5) is 0 Å². The molecule has 0 amide bonds. The van der Waals surface area contributed by atoms with Crippen LogP contribution in [0.25, 0.3) is 0 Å². The molecule has 0 atom stereocenters. The minimum Gasteiger partial charge on any atom is -0.295 e. The SMILES string of the molecule is CN(Cc1ccccn1)Cc1cccc(CCc2cccc(CN(C)Cc3ccccn3)n2)n1. The molecule has 0 fully saturated rings. The van der Waals surface area contributed by atoms with Crippen molar-refractivity contribution >= 4 is 0 Å². The molecule has 4 heterocycles. The predicted molar refractivity (Wildman–Crippen MR) is 135 cm³/mol. The second-order valence-electron chi connectivity index (χ2n) is 8.73. The van der Waals surface area contributed by atoms with Gasteiger partial charge in [-0.3, -0.25) is 29.7 Å². The third-order valence-corrected chi connectivity index (χ3v) is 5.55. The summed E-state index contributed by atoms with van der Waals surface area (Å²) in [5, 5.41) is 0. The van der Waals surface area contributed by atoms with E-state index in [0.29, 0.717) is 0 Å². The molecule has 0 aliphatic carbocycles. The molecule has 4 aromatic rings. The van der Waals surface area contributed by atoms with Crippen LogP contribution in [-0.2, 0) is 39.0 Å². The smallest absolute Gasteiger partial charge is 0.0547 e. The molecule has 0 radical (unpaired) electrons. The Bertz CT molecular complexity index is 1060. The quantitative estimate of drug-likeness (QED) is 0.338. The van der Waals surface area contributed by atoms with Crippen LogP contribution >= 0.6 is 0 Å². The number of aryl methyl sites for hydroxylation is 2. The first-order valence-electron chi connectivity index (χ1n) is 11.7. The molecule has 34 heavy (non-hydrogen) atoms. The van der Waals surface area contributed by atoms with Gasteiger partial charge < -0.3 is 0 Å². The summed E-state index contributed by atoms with van der Waals surface area (Å²) in [6.45, 7) is 3.19. The average molecular weight is 453 g/mol. The summed E-state index contributed by atoms with van der Waals surface area (Å²) in [5.74, 6) is 0. The maximum atomic E-state index is 4.88. The molecule has 4 aromatic heterocycles. The number of nitrogens with zero attached hydrogens (tertiary/aromatic N) is 6. The molecular weight excluding hydrogens is 420 g/mol. The van der Waals surface area contributed by atoms with Gasteiger partial charge in [0.15, 0.2) is 0 Å². The molecule has 0 saturated heterocycles. The zero-order valence-electron chi connectivity index (χ0n) is 20.0. The van der Waals surface area contributed by atoms with E-state index >= 15 is 0 Å². The number of pyridine rings is 4. The van der Waals surface area contributed by atoms with Gasteiger partial charge in [0.25, 0.3) is 0 Å². The molecule has 0 spiro atoms. The van der Waals surface area contributed by atoms with E-state index in [1.54, 1.807) is 0 Å². The Morgan fingerprint density at radius 1 is 0.471 bits per heavy atom. The number of rotatable bonds is 11. The lowest BCUT2D eigenvalue weighted by Gasteiger charge is -2.16. The Labute approximate surface area is 202 Å². The van der Waals surface area contributed by atoms with E-state index in [1.165, 1.54) is 0 Å². The number of aromatic nitrogens is 4. The summed E-state index contributed by atoms with van der Waals surface area (Å²) < 4.78 is 0. The van der Waals surface area contributed by atoms with Crippen LogP contribution in [0.1, 0.15) is 34.2 Å². The average Bonchev–Trinajstić information content (AvgIpc) is 2.84. The Balaban J connectivity index is 1.29. The largest absolute Gasteiger partial charge is 0.295 e. The minimum absolute atomic E-state index is 0.792. The van der Waals surface area contributed by atoms with E-state index in [-0.39, 0.29) is 0 Å². The molecule has 0 bridgehead atoms. The fourth-order valence-corrected chi connectivity index (χ4v) is 3.97. The van der Waals surface area contributed by atoms with Crippen molar-refractivity contribution in [2.75, 3.05) is 14.1 Å². The van der Waals surface area contributed by atoms with Crippen LogP contribution in [0.5, 0.6) is 0 Å². The van der Waals surface area contributed by atoms with Crippen molar-refractivity contribution in [3.05, 3.63) is 119 Å². The topological polar surface area (TPSA) is 58.0 Å². The first-order chi connectivity index (χ1) is 16.6. The van der Waals surface area contributed by atoms with Gasteiger partial charge in [-0.1, -0.05) is 24.3 Å². The zero-order valence-corrected chi connectivity index (χ0v) is 20.0. The molecule has 6 nitrogen and oxygen atoms in total. The predicted octanol–water partition coefficient (Wildman–Crippen LogP) is 4.32. The highest BCUT2D eigenvalue weighted by Crippen LogP contribution is 2.10. The first-order valence-corrected chi connectivity index (χ1v) is 11.7. The highest BCUT2D eigenvalue weighted by atomic mass is 15.1. The highest BCUT2D eigenvalue weighted by molar-refractivity contribution is 5.16. The standard InChI is InChI=1S/C28H32N6/c1-33(19-25-9-3-5-17-29-25)21-27-13-7-11-23(31-27)15-16-24-12-8-14-28(32-24)22-34(2)20-26-10-4-6-18-30-26/h3-14,17-18H,15-16,19-22H2,1-2H3. The summed E-state index contributed by atoms with van der Waals surface area (Å²) in [4.78, 5) is 23.1. The second kappa shape index (κ2) is 12.1. The van der Waals surface area contributed by atoms with Crippen LogP contribution in [-0.4, -0.2) is 43.8 Å². The van der Waals surface area contributed by atoms with Crippen molar-refractivity contribution < 1.29 is 0 Å². The van der Waals surface area contributed by atoms with Crippen molar-refractivity contribution in [3.63, 3.8) is 0 Å². The summed E-state index contributed by atoms with van der Waals surface area (Å²) in [5.41, 5.74) is 6.49. The monoisotopic (exact) mass is 452 g/mol. The fraction of sp³-hybridized carbons (Fsp3) is 0.286. The molecule has 174 valence electrons. The Kier molecular flexibility index (Phi) is 8.43. The van der Waals surface area contributed by atoms with E-state index in [4.69, 9.17) is 9.97 Å². The van der Waals surface area contributed by atoms with Gasteiger partial charge in [-0.15, -0.1) is 0 Å². The maximum absolute atomic E-state index is 4.88. The molecule has 0 saturated carbocycles. The van der Waals surface area contributed by atoms with Crippen molar-refractivity contribution in [1.29, 1.82) is 0 Å². The Morgan fingerprint density at radius 2 is 0.853 bits per heavy atom. The van der Waals surface area contributed by atoms with Gasteiger partial charge in [0.05, 0.1) is 22.8 Å². The van der Waals surface area contributed by atoms with Gasteiger partial charge in [0.2, 0.25) is 0 Å².